The number of piperidine rings is 1. The molecule has 6 rings (SSSR count). The molecule has 3 aromatic carbocycles. The van der Waals surface area contributed by atoms with Gasteiger partial charge in [-0.2, -0.15) is 5.10 Å². The van der Waals surface area contributed by atoms with Crippen LogP contribution in [0.3, 0.4) is 0 Å². The summed E-state index contributed by atoms with van der Waals surface area (Å²) in [5.41, 5.74) is 2.01. The molecule has 0 spiro atoms. The van der Waals surface area contributed by atoms with Crippen LogP contribution in [0.2, 0.25) is 0 Å². The van der Waals surface area contributed by atoms with Gasteiger partial charge in [-0.05, 0) is 99.6 Å². The number of hydrogen-bond acceptors (Lipinski definition) is 8. The molecule has 1 aliphatic heterocycles. The van der Waals surface area contributed by atoms with E-state index in [2.05, 4.69) is 34.1 Å². The van der Waals surface area contributed by atoms with E-state index in [-0.39, 0.29) is 35.3 Å². The number of amides is 1. The number of benzene rings is 3. The molecule has 1 N–H and O–H groups in total. The Kier molecular flexibility index (Phi) is 11.0. The number of carbonyl (C=O) groups is 1. The van der Waals surface area contributed by atoms with Crippen LogP contribution in [-0.2, 0) is 0 Å². The number of halogens is 2. The summed E-state index contributed by atoms with van der Waals surface area (Å²) < 4.78 is 54.2. The van der Waals surface area contributed by atoms with Crippen molar-refractivity contribution in [3.63, 3.8) is 0 Å². The van der Waals surface area contributed by atoms with E-state index in [1.807, 2.05) is 6.07 Å². The summed E-state index contributed by atoms with van der Waals surface area (Å²) in [4.78, 5) is 20.3. The van der Waals surface area contributed by atoms with E-state index in [1.54, 1.807) is 51.6 Å². The average Bonchev–Trinajstić information content (AvgIpc) is 3.52. The van der Waals surface area contributed by atoms with E-state index in [1.165, 1.54) is 28.9 Å². The first-order chi connectivity index (χ1) is 24.6. The third-order valence-electron chi connectivity index (χ3n) is 8.80. The smallest absolute Gasteiger partial charge is 0.280 e. The van der Waals surface area contributed by atoms with Crippen LogP contribution in [0.5, 0.6) is 28.7 Å². The van der Waals surface area contributed by atoms with Gasteiger partial charge in [0.25, 0.3) is 5.91 Å². The minimum Gasteiger partial charge on any atom is -0.493 e. The van der Waals surface area contributed by atoms with Gasteiger partial charge in [-0.15, -0.1) is 0 Å². The number of anilines is 1. The predicted octanol–water partition coefficient (Wildman–Crippen LogP) is 8.21. The molecule has 0 unspecified atom stereocenters. The third kappa shape index (κ3) is 8.39. The zero-order valence-corrected chi connectivity index (χ0v) is 29.5. The van der Waals surface area contributed by atoms with Gasteiger partial charge in [-0.25, -0.2) is 13.5 Å². The first-order valence-electron chi connectivity index (χ1n) is 17.2. The van der Waals surface area contributed by atoms with Crippen LogP contribution in [-0.4, -0.2) is 65.5 Å². The van der Waals surface area contributed by atoms with E-state index >= 15 is 4.39 Å². The molecule has 51 heavy (non-hydrogen) atoms. The largest absolute Gasteiger partial charge is 0.493 e. The fourth-order valence-electron chi connectivity index (χ4n) is 6.30. The standard InChI is InChI=1S/C39H43F2N5O5/c1-6-49-37-22-46(32-9-7-27(40)17-25(32)4)44-38(37)39(47)43-28-8-10-34(30(41)18-28)51-33-11-14-42-31-20-36(35(48-5)19-29(31)33)50-23-26-12-15-45(16-13-26)21-24(2)3/h7-11,14,17-20,22,24,26H,6,12-13,15-16,21,23H2,1-5H3,(H,43,47). The molecule has 1 aliphatic rings. The van der Waals surface area contributed by atoms with E-state index in [0.29, 0.717) is 57.8 Å². The van der Waals surface area contributed by atoms with Gasteiger partial charge in [0, 0.05) is 35.9 Å². The van der Waals surface area contributed by atoms with Gasteiger partial charge in [0.05, 0.1) is 37.7 Å². The summed E-state index contributed by atoms with van der Waals surface area (Å²) >= 11 is 0. The summed E-state index contributed by atoms with van der Waals surface area (Å²) in [5, 5.41) is 7.69. The molecular formula is C39H43F2N5O5. The second-order valence-corrected chi connectivity index (χ2v) is 13.1. The lowest BCUT2D eigenvalue weighted by molar-refractivity contribution is 0.101. The van der Waals surface area contributed by atoms with Crippen molar-refractivity contribution in [1.82, 2.24) is 19.7 Å². The fraction of sp³-hybridized carbons (Fsp3) is 0.359. The second-order valence-electron chi connectivity index (χ2n) is 13.1. The molecule has 10 nitrogen and oxygen atoms in total. The second kappa shape index (κ2) is 15.8. The number of aromatic nitrogens is 3. The Morgan fingerprint density at radius 3 is 2.47 bits per heavy atom. The van der Waals surface area contributed by atoms with Crippen molar-refractivity contribution in [1.29, 1.82) is 0 Å². The van der Waals surface area contributed by atoms with Crippen LogP contribution in [0.15, 0.2) is 67.0 Å². The van der Waals surface area contributed by atoms with Crippen molar-refractivity contribution >= 4 is 22.5 Å². The van der Waals surface area contributed by atoms with Gasteiger partial charge in [-0.1, -0.05) is 13.8 Å². The SMILES string of the molecule is CCOc1cn(-c2ccc(F)cc2C)nc1C(=O)Nc1ccc(Oc2ccnc3cc(OCC4CCN(CC(C)C)CC4)c(OC)cc23)c(F)c1. The lowest BCUT2D eigenvalue weighted by atomic mass is 9.97. The number of likely N-dealkylation sites (tertiary alicyclic amines) is 1. The molecule has 2 aromatic heterocycles. The zero-order valence-electron chi connectivity index (χ0n) is 29.5. The summed E-state index contributed by atoms with van der Waals surface area (Å²) in [5.74, 6) is 1.12. The molecule has 0 bridgehead atoms. The number of nitrogens with one attached hydrogen (secondary N) is 1. The molecule has 5 aromatic rings. The van der Waals surface area contributed by atoms with Crippen LogP contribution in [0.1, 0.15) is 49.7 Å². The van der Waals surface area contributed by atoms with Crippen molar-refractivity contribution in [3.8, 4) is 34.4 Å². The summed E-state index contributed by atoms with van der Waals surface area (Å²) in [6.07, 6.45) is 5.32. The highest BCUT2D eigenvalue weighted by Crippen LogP contribution is 2.38. The van der Waals surface area contributed by atoms with Gasteiger partial charge < -0.3 is 29.2 Å². The molecule has 0 radical (unpaired) electrons. The monoisotopic (exact) mass is 699 g/mol. The lowest BCUT2D eigenvalue weighted by Gasteiger charge is -2.32. The first kappa shape index (κ1) is 35.6. The maximum Gasteiger partial charge on any atom is 0.280 e. The van der Waals surface area contributed by atoms with Crippen molar-refractivity contribution in [2.24, 2.45) is 11.8 Å². The highest BCUT2D eigenvalue weighted by atomic mass is 19.1. The first-order valence-corrected chi connectivity index (χ1v) is 17.2. The minimum absolute atomic E-state index is 0.00566. The number of rotatable bonds is 13. The van der Waals surface area contributed by atoms with E-state index < -0.39 is 11.7 Å². The number of nitrogens with zero attached hydrogens (tertiary/aromatic N) is 4. The van der Waals surface area contributed by atoms with Gasteiger partial charge in [0.15, 0.2) is 34.5 Å². The molecule has 1 amide bonds. The maximum atomic E-state index is 15.4. The van der Waals surface area contributed by atoms with Crippen LogP contribution < -0.4 is 24.3 Å². The lowest BCUT2D eigenvalue weighted by Crippen LogP contribution is -2.37. The highest BCUT2D eigenvalue weighted by Gasteiger charge is 2.23. The molecular weight excluding hydrogens is 656 g/mol. The number of fused-ring (bicyclic) bond motifs is 1. The highest BCUT2D eigenvalue weighted by molar-refractivity contribution is 6.04. The number of aryl methyl sites for hydroxylation is 1. The van der Waals surface area contributed by atoms with Crippen LogP contribution in [0.25, 0.3) is 16.6 Å². The van der Waals surface area contributed by atoms with E-state index in [9.17, 15) is 9.18 Å². The molecule has 0 aliphatic carbocycles. The maximum absolute atomic E-state index is 15.4. The Morgan fingerprint density at radius 1 is 0.961 bits per heavy atom. The topological polar surface area (TPSA) is 100.0 Å². The molecule has 3 heterocycles. The molecule has 1 saturated heterocycles. The van der Waals surface area contributed by atoms with Crippen molar-refractivity contribution < 1.29 is 32.5 Å². The Hall–Kier alpha value is -5.23. The van der Waals surface area contributed by atoms with Crippen LogP contribution in [0.4, 0.5) is 14.5 Å². The Labute approximate surface area is 296 Å². The Balaban J connectivity index is 1.15. The quantitative estimate of drug-likeness (QED) is 0.131. The van der Waals surface area contributed by atoms with Crippen molar-refractivity contribution in [2.45, 2.75) is 40.5 Å². The van der Waals surface area contributed by atoms with Crippen LogP contribution in [0, 0.1) is 30.4 Å². The van der Waals surface area contributed by atoms with Gasteiger partial charge in [0.2, 0.25) is 0 Å². The summed E-state index contributed by atoms with van der Waals surface area (Å²) in [6, 6.07) is 13.6. The molecule has 268 valence electrons. The number of hydrogen-bond donors (Lipinski definition) is 1. The molecule has 0 saturated carbocycles. The summed E-state index contributed by atoms with van der Waals surface area (Å²) in [6.45, 7) is 12.2. The normalized spacial score (nSPS) is 13.8. The number of ether oxygens (including phenoxy) is 4. The van der Waals surface area contributed by atoms with Crippen molar-refractivity contribution in [3.05, 3.63) is 89.9 Å². The fourth-order valence-corrected chi connectivity index (χ4v) is 6.30. The summed E-state index contributed by atoms with van der Waals surface area (Å²) in [7, 11) is 1.58. The van der Waals surface area contributed by atoms with E-state index in [4.69, 9.17) is 18.9 Å². The van der Waals surface area contributed by atoms with E-state index in [0.717, 1.165) is 38.5 Å². The van der Waals surface area contributed by atoms with Gasteiger partial charge >= 0.3 is 0 Å². The number of carbonyl (C=O) groups excluding carboxylic acids is 1. The molecule has 12 heteroatoms. The third-order valence-corrected chi connectivity index (χ3v) is 8.80. The van der Waals surface area contributed by atoms with Crippen molar-refractivity contribution in [2.75, 3.05) is 45.3 Å². The molecule has 0 atom stereocenters. The Bertz CT molecular complexity index is 2010. The van der Waals surface area contributed by atoms with Crippen LogP contribution >= 0.6 is 0 Å². The minimum atomic E-state index is -0.693. The number of methoxy groups -OCH3 is 1. The number of pyridine rings is 1. The van der Waals surface area contributed by atoms with Gasteiger partial charge in [0.1, 0.15) is 11.6 Å². The predicted molar refractivity (Wildman–Crippen MR) is 192 cm³/mol. The molecule has 1 fully saturated rings. The van der Waals surface area contributed by atoms with Gasteiger partial charge in [-0.3, -0.25) is 9.78 Å². The Morgan fingerprint density at radius 2 is 1.76 bits per heavy atom. The average molecular weight is 700 g/mol. The zero-order chi connectivity index (χ0) is 36.1.